The fourth-order valence-electron chi connectivity index (χ4n) is 6.42. The molecule has 1 aromatic heterocycles. The van der Waals surface area contributed by atoms with Crippen LogP contribution in [0.3, 0.4) is 0 Å². The van der Waals surface area contributed by atoms with Crippen molar-refractivity contribution in [2.24, 2.45) is 11.8 Å². The number of hydrogen-bond donors (Lipinski definition) is 0. The number of pyridine rings is 1. The van der Waals surface area contributed by atoms with Gasteiger partial charge >= 0.3 is 12.1 Å². The van der Waals surface area contributed by atoms with E-state index in [4.69, 9.17) is 9.47 Å². The summed E-state index contributed by atoms with van der Waals surface area (Å²) >= 11 is 0. The zero-order chi connectivity index (χ0) is 26.4. The molecule has 2 saturated carbocycles. The smallest absolute Gasteiger partial charge is 0.419 e. The Morgan fingerprint density at radius 2 is 1.89 bits per heavy atom. The molecule has 0 amide bonds. The van der Waals surface area contributed by atoms with E-state index in [1.807, 2.05) is 6.92 Å². The molecule has 200 valence electrons. The predicted molar refractivity (Wildman–Crippen MR) is 135 cm³/mol. The number of fused-ring (bicyclic) bond motifs is 1. The van der Waals surface area contributed by atoms with Crippen molar-refractivity contribution in [1.29, 1.82) is 0 Å². The molecule has 0 saturated heterocycles. The third-order valence-electron chi connectivity index (χ3n) is 8.73. The molecule has 2 fully saturated rings. The Labute approximate surface area is 216 Å². The van der Waals surface area contributed by atoms with E-state index in [0.717, 1.165) is 68.7 Å². The first-order valence-electron chi connectivity index (χ1n) is 13.3. The van der Waals surface area contributed by atoms with Gasteiger partial charge in [0.2, 0.25) is 0 Å². The molecule has 3 aliphatic rings. The van der Waals surface area contributed by atoms with Gasteiger partial charge in [0.15, 0.2) is 0 Å². The van der Waals surface area contributed by atoms with Gasteiger partial charge in [0.05, 0.1) is 18.6 Å². The van der Waals surface area contributed by atoms with Crippen molar-refractivity contribution < 1.29 is 27.4 Å². The standard InChI is InChI=1S/C29H35F3N2O3/c1-18(27(35)36-3)25(20-7-8-20)21-9-6-19-10-13-28(37-24(19)17-21)14-11-22(12-15-28)34(2)26-23(29(30,31)32)5-4-16-33-26/h4-6,9,16-18,20,22,25H,7-8,10-15H2,1-3H3. The van der Waals surface area contributed by atoms with Crippen LogP contribution in [0.25, 0.3) is 0 Å². The number of ether oxygens (including phenoxy) is 2. The van der Waals surface area contributed by atoms with Gasteiger partial charge in [-0.25, -0.2) is 4.98 Å². The van der Waals surface area contributed by atoms with Gasteiger partial charge in [-0.3, -0.25) is 4.79 Å². The maximum atomic E-state index is 13.5. The molecule has 0 N–H and O–H groups in total. The van der Waals surface area contributed by atoms with Crippen molar-refractivity contribution in [1.82, 2.24) is 4.98 Å². The number of halogens is 3. The summed E-state index contributed by atoms with van der Waals surface area (Å²) in [6.07, 6.45) is 4.07. The van der Waals surface area contributed by atoms with Crippen LogP contribution in [0, 0.1) is 11.8 Å². The monoisotopic (exact) mass is 516 g/mol. The zero-order valence-electron chi connectivity index (χ0n) is 21.7. The number of carbonyl (C=O) groups excluding carboxylic acids is 1. The second kappa shape index (κ2) is 9.84. The highest BCUT2D eigenvalue weighted by atomic mass is 19.4. The van der Waals surface area contributed by atoms with Gasteiger partial charge in [0.25, 0.3) is 0 Å². The van der Waals surface area contributed by atoms with Crippen molar-refractivity contribution in [3.8, 4) is 5.75 Å². The van der Waals surface area contributed by atoms with E-state index < -0.39 is 11.7 Å². The summed E-state index contributed by atoms with van der Waals surface area (Å²) in [6.45, 7) is 1.94. The number of anilines is 1. The molecule has 2 atom stereocenters. The van der Waals surface area contributed by atoms with Crippen LogP contribution < -0.4 is 9.64 Å². The molecule has 5 nitrogen and oxygen atoms in total. The Morgan fingerprint density at radius 1 is 1.16 bits per heavy atom. The third kappa shape index (κ3) is 5.16. The van der Waals surface area contributed by atoms with Gasteiger partial charge in [-0.2, -0.15) is 13.2 Å². The molecular weight excluding hydrogens is 481 g/mol. The number of nitrogens with zero attached hydrogens (tertiary/aromatic N) is 2. The summed E-state index contributed by atoms with van der Waals surface area (Å²) in [6, 6.07) is 8.80. The summed E-state index contributed by atoms with van der Waals surface area (Å²) < 4.78 is 52.4. The van der Waals surface area contributed by atoms with Crippen molar-refractivity contribution in [3.63, 3.8) is 0 Å². The van der Waals surface area contributed by atoms with E-state index in [1.54, 1.807) is 11.9 Å². The minimum absolute atomic E-state index is 0.0126. The van der Waals surface area contributed by atoms with Crippen LogP contribution in [-0.2, 0) is 22.1 Å². The molecule has 2 unspecified atom stereocenters. The van der Waals surface area contributed by atoms with Crippen LogP contribution in [0.2, 0.25) is 0 Å². The van der Waals surface area contributed by atoms with Crippen molar-refractivity contribution in [3.05, 3.63) is 53.2 Å². The van der Waals surface area contributed by atoms with Gasteiger partial charge in [-0.05, 0) is 92.5 Å². The SMILES string of the molecule is COC(=O)C(C)C(c1ccc2c(c1)OC1(CC2)CCC(N(C)c2ncccc2C(F)(F)F)CC1)C1CC1. The zero-order valence-corrected chi connectivity index (χ0v) is 21.7. The number of esters is 1. The van der Waals surface area contributed by atoms with E-state index in [2.05, 4.69) is 23.2 Å². The molecule has 8 heteroatoms. The lowest BCUT2D eigenvalue weighted by atomic mass is 9.76. The Kier molecular flexibility index (Phi) is 6.88. The summed E-state index contributed by atoms with van der Waals surface area (Å²) in [5.74, 6) is 1.08. The number of hydrogen-bond acceptors (Lipinski definition) is 5. The average Bonchev–Trinajstić information content (AvgIpc) is 3.73. The van der Waals surface area contributed by atoms with Gasteiger partial charge < -0.3 is 14.4 Å². The molecular formula is C29H35F3N2O3. The minimum Gasteiger partial charge on any atom is -0.487 e. The molecule has 0 bridgehead atoms. The first-order valence-corrected chi connectivity index (χ1v) is 13.3. The van der Waals surface area contributed by atoms with Crippen LogP contribution in [-0.4, -0.2) is 36.8 Å². The second-order valence-electron chi connectivity index (χ2n) is 11.0. The van der Waals surface area contributed by atoms with Gasteiger partial charge in [-0.15, -0.1) is 0 Å². The highest BCUT2D eigenvalue weighted by Crippen LogP contribution is 2.49. The molecule has 2 aliphatic carbocycles. The summed E-state index contributed by atoms with van der Waals surface area (Å²) in [4.78, 5) is 18.1. The van der Waals surface area contributed by atoms with E-state index in [1.165, 1.54) is 24.9 Å². The number of methoxy groups -OCH3 is 1. The van der Waals surface area contributed by atoms with Crippen molar-refractivity contribution in [2.45, 2.75) is 82.0 Å². The number of alkyl halides is 3. The van der Waals surface area contributed by atoms with Gasteiger partial charge in [-0.1, -0.05) is 19.1 Å². The molecule has 37 heavy (non-hydrogen) atoms. The molecule has 1 aromatic carbocycles. The molecule has 5 rings (SSSR count). The number of aromatic nitrogens is 1. The summed E-state index contributed by atoms with van der Waals surface area (Å²) in [5.41, 5.74) is 1.30. The molecule has 2 heterocycles. The van der Waals surface area contributed by atoms with Crippen LogP contribution >= 0.6 is 0 Å². The normalized spacial score (nSPS) is 25.1. The van der Waals surface area contributed by atoms with Crippen LogP contribution in [0.5, 0.6) is 5.75 Å². The first-order chi connectivity index (χ1) is 17.6. The highest BCUT2D eigenvalue weighted by Gasteiger charge is 2.44. The van der Waals surface area contributed by atoms with Crippen LogP contribution in [0.15, 0.2) is 36.5 Å². The summed E-state index contributed by atoms with van der Waals surface area (Å²) in [5, 5.41) is 0. The van der Waals surface area contributed by atoms with E-state index in [-0.39, 0.29) is 35.3 Å². The Morgan fingerprint density at radius 3 is 2.54 bits per heavy atom. The molecule has 1 spiro atoms. The summed E-state index contributed by atoms with van der Waals surface area (Å²) in [7, 11) is 3.15. The number of aryl methyl sites for hydroxylation is 1. The van der Waals surface area contributed by atoms with E-state index in [0.29, 0.717) is 5.92 Å². The molecule has 1 aliphatic heterocycles. The third-order valence-corrected chi connectivity index (χ3v) is 8.73. The number of carbonyl (C=O) groups is 1. The lowest BCUT2D eigenvalue weighted by Gasteiger charge is -2.45. The van der Waals surface area contributed by atoms with E-state index in [9.17, 15) is 18.0 Å². The highest BCUT2D eigenvalue weighted by molar-refractivity contribution is 5.73. The fourth-order valence-corrected chi connectivity index (χ4v) is 6.42. The first kappa shape index (κ1) is 25.9. The lowest BCUT2D eigenvalue weighted by molar-refractivity contribution is -0.145. The van der Waals surface area contributed by atoms with Gasteiger partial charge in [0, 0.05) is 19.3 Å². The second-order valence-corrected chi connectivity index (χ2v) is 11.0. The Bertz CT molecular complexity index is 1140. The van der Waals surface area contributed by atoms with Crippen LogP contribution in [0.1, 0.15) is 74.5 Å². The average molecular weight is 517 g/mol. The van der Waals surface area contributed by atoms with Gasteiger partial charge in [0.1, 0.15) is 17.2 Å². The van der Waals surface area contributed by atoms with Crippen molar-refractivity contribution in [2.75, 3.05) is 19.1 Å². The maximum Gasteiger partial charge on any atom is 0.419 e. The Balaban J connectivity index is 1.30. The molecule has 2 aromatic rings. The van der Waals surface area contributed by atoms with Crippen molar-refractivity contribution >= 4 is 11.8 Å². The lowest BCUT2D eigenvalue weighted by Crippen LogP contribution is -2.47. The van der Waals surface area contributed by atoms with E-state index >= 15 is 0 Å². The largest absolute Gasteiger partial charge is 0.487 e. The topological polar surface area (TPSA) is 51.7 Å². The quantitative estimate of drug-likeness (QED) is 0.408. The Hall–Kier alpha value is -2.77. The minimum atomic E-state index is -4.44. The number of rotatable bonds is 6. The predicted octanol–water partition coefficient (Wildman–Crippen LogP) is 6.55. The molecule has 0 radical (unpaired) electrons. The number of benzene rings is 1. The maximum absolute atomic E-state index is 13.5. The van der Waals surface area contributed by atoms with Crippen LogP contribution in [0.4, 0.5) is 19.0 Å². The fraction of sp³-hybridized carbons (Fsp3) is 0.586.